The molecule has 30 heavy (non-hydrogen) atoms. The van der Waals surface area contributed by atoms with Gasteiger partial charge in [-0.2, -0.15) is 0 Å². The molecule has 1 fully saturated rings. The summed E-state index contributed by atoms with van der Waals surface area (Å²) in [5, 5.41) is 1.28. The summed E-state index contributed by atoms with van der Waals surface area (Å²) in [6.07, 6.45) is 1.32. The molecule has 0 radical (unpaired) electrons. The van der Waals surface area contributed by atoms with E-state index in [0.717, 1.165) is 11.1 Å². The van der Waals surface area contributed by atoms with Gasteiger partial charge in [-0.15, -0.1) is 0 Å². The number of likely N-dealkylation sites (tertiary alicyclic amines) is 1. The summed E-state index contributed by atoms with van der Waals surface area (Å²) in [7, 11) is 0. The number of ether oxygens (including phenoxy) is 1. The van der Waals surface area contributed by atoms with E-state index in [-0.39, 0.29) is 38.7 Å². The number of carbonyl (C=O) groups excluding carboxylic acids is 2. The van der Waals surface area contributed by atoms with Crippen molar-refractivity contribution in [2.75, 3.05) is 13.1 Å². The fourth-order valence-electron chi connectivity index (χ4n) is 4.28. The molecule has 0 atom stereocenters. The van der Waals surface area contributed by atoms with Crippen molar-refractivity contribution in [3.05, 3.63) is 60.5 Å². The molecular weight excluding hydrogens is 468 g/mol. The Morgan fingerprint density at radius 3 is 2.33 bits per heavy atom. The summed E-state index contributed by atoms with van der Waals surface area (Å²) in [6, 6.07) is 4.94. The van der Waals surface area contributed by atoms with Crippen molar-refractivity contribution in [1.29, 1.82) is 0 Å². The van der Waals surface area contributed by atoms with E-state index in [1.54, 1.807) is 17.0 Å². The normalized spacial score (nSPS) is 17.7. The second-order valence-corrected chi connectivity index (χ2v) is 9.47. The van der Waals surface area contributed by atoms with E-state index in [1.165, 1.54) is 0 Å². The average molecular weight is 487 g/mol. The van der Waals surface area contributed by atoms with Gasteiger partial charge in [0.25, 0.3) is 5.91 Å². The van der Waals surface area contributed by atoms with Crippen LogP contribution in [0.1, 0.15) is 51.1 Å². The Morgan fingerprint density at radius 2 is 1.67 bits per heavy atom. The summed E-state index contributed by atoms with van der Waals surface area (Å²) < 4.78 is 6.36. The number of aryl methyl sites for hydroxylation is 1. The maximum Gasteiger partial charge on any atom is 0.256 e. The number of piperidine rings is 1. The van der Waals surface area contributed by atoms with E-state index < -0.39 is 5.60 Å². The SMILES string of the molecule is Cc1cc2c(c(C)c1Cl)C(=O)CC1(CCN(C(=O)c3c(Cl)ccc(Cl)c3Cl)CC1)O2. The molecule has 2 aromatic rings. The fourth-order valence-corrected chi connectivity index (χ4v) is 5.12. The maximum atomic E-state index is 13.0. The Balaban J connectivity index is 1.56. The van der Waals surface area contributed by atoms with Gasteiger partial charge in [0.15, 0.2) is 5.78 Å². The molecule has 1 amide bonds. The lowest BCUT2D eigenvalue weighted by Crippen LogP contribution is -2.52. The van der Waals surface area contributed by atoms with Gasteiger partial charge < -0.3 is 9.64 Å². The number of halogens is 4. The molecule has 0 saturated carbocycles. The van der Waals surface area contributed by atoms with Gasteiger partial charge in [-0.1, -0.05) is 46.4 Å². The molecule has 2 aromatic carbocycles. The number of Topliss-reactive ketones (excluding diaryl/α,β-unsaturated/α-hetero) is 1. The van der Waals surface area contributed by atoms with Gasteiger partial charge in [0.05, 0.1) is 32.6 Å². The zero-order chi connectivity index (χ0) is 21.8. The Kier molecular flexibility index (Phi) is 5.73. The minimum absolute atomic E-state index is 0.0244. The Morgan fingerprint density at radius 1 is 1.03 bits per heavy atom. The quantitative estimate of drug-likeness (QED) is 0.429. The van der Waals surface area contributed by atoms with Crippen LogP contribution in [0.5, 0.6) is 5.75 Å². The van der Waals surface area contributed by atoms with Crippen LogP contribution in [0, 0.1) is 13.8 Å². The number of benzene rings is 2. The molecule has 1 saturated heterocycles. The lowest BCUT2D eigenvalue weighted by atomic mass is 9.81. The standard InChI is InChI=1S/C22H19Cl4NO3/c1-11-9-16-17(12(2)19(11)25)15(28)10-22(30-16)5-7-27(8-6-22)21(29)18-13(23)3-4-14(24)20(18)26/h3-4,9H,5-8,10H2,1-2H3. The molecule has 0 aliphatic carbocycles. The third-order valence-electron chi connectivity index (χ3n) is 5.95. The molecule has 4 nitrogen and oxygen atoms in total. The molecule has 4 rings (SSSR count). The van der Waals surface area contributed by atoms with E-state index in [2.05, 4.69) is 0 Å². The fraction of sp³-hybridized carbons (Fsp3) is 0.364. The van der Waals surface area contributed by atoms with Crippen molar-refractivity contribution in [3.63, 3.8) is 0 Å². The molecule has 0 unspecified atom stereocenters. The second-order valence-electron chi connectivity index (χ2n) is 7.90. The van der Waals surface area contributed by atoms with E-state index in [9.17, 15) is 9.59 Å². The first-order valence-corrected chi connectivity index (χ1v) is 11.1. The van der Waals surface area contributed by atoms with Crippen molar-refractivity contribution in [1.82, 2.24) is 4.90 Å². The number of ketones is 1. The highest BCUT2D eigenvalue weighted by Crippen LogP contribution is 2.43. The van der Waals surface area contributed by atoms with Gasteiger partial charge in [0.1, 0.15) is 11.4 Å². The predicted octanol–water partition coefficient (Wildman–Crippen LogP) is 6.56. The summed E-state index contributed by atoms with van der Waals surface area (Å²) >= 11 is 24.8. The first-order chi connectivity index (χ1) is 14.1. The van der Waals surface area contributed by atoms with Crippen LogP contribution in [0.25, 0.3) is 0 Å². The van der Waals surface area contributed by atoms with Gasteiger partial charge in [0.2, 0.25) is 0 Å². The topological polar surface area (TPSA) is 46.6 Å². The molecule has 8 heteroatoms. The molecule has 0 aromatic heterocycles. The first-order valence-electron chi connectivity index (χ1n) is 9.58. The first kappa shape index (κ1) is 21.8. The average Bonchev–Trinajstić information content (AvgIpc) is 2.69. The molecule has 2 aliphatic rings. The summed E-state index contributed by atoms with van der Waals surface area (Å²) in [5.74, 6) is 0.325. The van der Waals surface area contributed by atoms with Crippen molar-refractivity contribution in [3.8, 4) is 5.75 Å². The minimum atomic E-state index is -0.629. The van der Waals surface area contributed by atoms with Crippen LogP contribution in [0.15, 0.2) is 18.2 Å². The highest BCUT2D eigenvalue weighted by Gasteiger charge is 2.44. The third-order valence-corrected chi connectivity index (χ3v) is 7.65. The summed E-state index contributed by atoms with van der Waals surface area (Å²) in [6.45, 7) is 4.58. The highest BCUT2D eigenvalue weighted by atomic mass is 35.5. The van der Waals surface area contributed by atoms with E-state index in [4.69, 9.17) is 51.1 Å². The minimum Gasteiger partial charge on any atom is -0.486 e. The Labute approximate surface area is 195 Å². The number of hydrogen-bond donors (Lipinski definition) is 0. The number of nitrogens with zero attached hydrogens (tertiary/aromatic N) is 1. The molecule has 0 bridgehead atoms. The second kappa shape index (κ2) is 7.90. The maximum absolute atomic E-state index is 13.0. The van der Waals surface area contributed by atoms with Crippen molar-refractivity contribution < 1.29 is 14.3 Å². The third kappa shape index (κ3) is 3.58. The molecule has 158 valence electrons. The van der Waals surface area contributed by atoms with Gasteiger partial charge in [-0.25, -0.2) is 0 Å². The molecule has 0 N–H and O–H groups in total. The Hall–Kier alpha value is -1.46. The van der Waals surface area contributed by atoms with Crippen LogP contribution >= 0.6 is 46.4 Å². The van der Waals surface area contributed by atoms with Crippen molar-refractivity contribution >= 4 is 58.1 Å². The number of amides is 1. The van der Waals surface area contributed by atoms with Crippen LogP contribution in [0.4, 0.5) is 0 Å². The number of hydrogen-bond acceptors (Lipinski definition) is 3. The zero-order valence-corrected chi connectivity index (χ0v) is 19.5. The summed E-state index contributed by atoms with van der Waals surface area (Å²) in [5.41, 5.74) is 1.76. The van der Waals surface area contributed by atoms with Crippen LogP contribution in [0.2, 0.25) is 20.1 Å². The van der Waals surface area contributed by atoms with Gasteiger partial charge in [-0.05, 0) is 43.2 Å². The number of fused-ring (bicyclic) bond motifs is 1. The van der Waals surface area contributed by atoms with E-state index >= 15 is 0 Å². The largest absolute Gasteiger partial charge is 0.486 e. The monoisotopic (exact) mass is 485 g/mol. The van der Waals surface area contributed by atoms with Crippen LogP contribution in [0.3, 0.4) is 0 Å². The van der Waals surface area contributed by atoms with Gasteiger partial charge >= 0.3 is 0 Å². The van der Waals surface area contributed by atoms with Crippen LogP contribution < -0.4 is 4.74 Å². The van der Waals surface area contributed by atoms with E-state index in [1.807, 2.05) is 19.9 Å². The molecule has 2 aliphatic heterocycles. The van der Waals surface area contributed by atoms with Crippen LogP contribution in [-0.2, 0) is 0 Å². The molecule has 1 spiro atoms. The van der Waals surface area contributed by atoms with Crippen molar-refractivity contribution in [2.45, 2.75) is 38.7 Å². The Bertz CT molecular complexity index is 1070. The smallest absolute Gasteiger partial charge is 0.256 e. The molecule has 2 heterocycles. The highest BCUT2D eigenvalue weighted by molar-refractivity contribution is 6.46. The number of carbonyl (C=O) groups is 2. The van der Waals surface area contributed by atoms with Crippen molar-refractivity contribution in [2.24, 2.45) is 0 Å². The predicted molar refractivity (Wildman–Crippen MR) is 120 cm³/mol. The summed E-state index contributed by atoms with van der Waals surface area (Å²) in [4.78, 5) is 27.6. The van der Waals surface area contributed by atoms with Crippen LogP contribution in [-0.4, -0.2) is 35.3 Å². The van der Waals surface area contributed by atoms with Gasteiger partial charge in [-0.3, -0.25) is 9.59 Å². The molecular formula is C22H19Cl4NO3. The zero-order valence-electron chi connectivity index (χ0n) is 16.5. The lowest BCUT2D eigenvalue weighted by molar-refractivity contribution is -0.00579. The lowest BCUT2D eigenvalue weighted by Gasteiger charge is -2.44. The van der Waals surface area contributed by atoms with Gasteiger partial charge in [0, 0.05) is 31.0 Å². The number of rotatable bonds is 1. The van der Waals surface area contributed by atoms with E-state index in [0.29, 0.717) is 42.3 Å².